The van der Waals surface area contributed by atoms with Crippen molar-refractivity contribution in [1.82, 2.24) is 9.44 Å². The minimum absolute atomic E-state index is 0.0824. The zero-order valence-electron chi connectivity index (χ0n) is 13.6. The second-order valence-corrected chi connectivity index (χ2v) is 9.15. The molecule has 5 heteroatoms. The van der Waals surface area contributed by atoms with Crippen LogP contribution in [0.3, 0.4) is 0 Å². The van der Waals surface area contributed by atoms with Gasteiger partial charge in [-0.2, -0.15) is 13.1 Å². The third-order valence-corrected chi connectivity index (χ3v) is 4.52. The summed E-state index contributed by atoms with van der Waals surface area (Å²) in [6.07, 6.45) is 3.03. The van der Waals surface area contributed by atoms with Crippen molar-refractivity contribution < 1.29 is 8.42 Å². The van der Waals surface area contributed by atoms with E-state index in [1.165, 1.54) is 0 Å². The molecule has 0 heterocycles. The Labute approximate surface area is 119 Å². The van der Waals surface area contributed by atoms with Gasteiger partial charge in [0.25, 0.3) is 10.2 Å². The average molecular weight is 292 g/mol. The Balaban J connectivity index is 4.00. The zero-order valence-corrected chi connectivity index (χ0v) is 14.4. The second-order valence-electron chi connectivity index (χ2n) is 7.62. The van der Waals surface area contributed by atoms with Gasteiger partial charge in [-0.3, -0.25) is 0 Å². The van der Waals surface area contributed by atoms with Crippen LogP contribution < -0.4 is 9.44 Å². The maximum Gasteiger partial charge on any atom is 0.277 e. The Morgan fingerprint density at radius 2 is 1.53 bits per heavy atom. The van der Waals surface area contributed by atoms with Gasteiger partial charge in [0, 0.05) is 12.6 Å². The Morgan fingerprint density at radius 1 is 1.00 bits per heavy atom. The topological polar surface area (TPSA) is 58.2 Å². The molecule has 0 unspecified atom stereocenters. The molecule has 2 N–H and O–H groups in total. The molecule has 0 aromatic heterocycles. The quantitative estimate of drug-likeness (QED) is 0.709. The minimum atomic E-state index is -3.38. The normalized spacial score (nSPS) is 15.5. The first-order valence-corrected chi connectivity index (χ1v) is 8.59. The highest BCUT2D eigenvalue weighted by atomic mass is 32.2. The molecule has 0 aromatic carbocycles. The SMILES string of the molecule is C[C@@H](NS(=O)(=O)NCCCCC(C)(C)C)C(C)(C)C. The summed E-state index contributed by atoms with van der Waals surface area (Å²) in [7, 11) is -3.38. The van der Waals surface area contributed by atoms with E-state index in [2.05, 4.69) is 30.2 Å². The summed E-state index contributed by atoms with van der Waals surface area (Å²) in [5.41, 5.74) is 0.235. The Morgan fingerprint density at radius 3 is 1.95 bits per heavy atom. The fourth-order valence-electron chi connectivity index (χ4n) is 1.44. The summed E-state index contributed by atoms with van der Waals surface area (Å²) in [6, 6.07) is -0.0976. The molecule has 0 bridgehead atoms. The van der Waals surface area contributed by atoms with Crippen molar-refractivity contribution >= 4 is 10.2 Å². The standard InChI is InChI=1S/C14H32N2O2S/c1-12(14(5,6)7)16-19(17,18)15-11-9-8-10-13(2,3)4/h12,15-16H,8-11H2,1-7H3/t12-/m1/s1. The van der Waals surface area contributed by atoms with Gasteiger partial charge in [-0.25, -0.2) is 4.72 Å². The van der Waals surface area contributed by atoms with E-state index in [0.29, 0.717) is 12.0 Å². The van der Waals surface area contributed by atoms with Gasteiger partial charge in [0.05, 0.1) is 0 Å². The van der Waals surface area contributed by atoms with Gasteiger partial charge in [-0.15, -0.1) is 0 Å². The molecule has 0 aliphatic carbocycles. The van der Waals surface area contributed by atoms with Gasteiger partial charge < -0.3 is 0 Å². The van der Waals surface area contributed by atoms with Gasteiger partial charge in [0.1, 0.15) is 0 Å². The third kappa shape index (κ3) is 10.3. The van der Waals surface area contributed by atoms with Crippen LogP contribution in [0.15, 0.2) is 0 Å². The van der Waals surface area contributed by atoms with Crippen LogP contribution in [0, 0.1) is 10.8 Å². The van der Waals surface area contributed by atoms with Crippen molar-refractivity contribution in [3.8, 4) is 0 Å². The first kappa shape index (κ1) is 18.9. The molecule has 0 amide bonds. The van der Waals surface area contributed by atoms with Crippen molar-refractivity contribution in [2.45, 2.75) is 73.8 Å². The summed E-state index contributed by atoms with van der Waals surface area (Å²) in [6.45, 7) is 15.0. The van der Waals surface area contributed by atoms with Crippen molar-refractivity contribution in [2.24, 2.45) is 10.8 Å². The lowest BCUT2D eigenvalue weighted by atomic mass is 9.89. The molecule has 4 nitrogen and oxygen atoms in total. The first-order chi connectivity index (χ1) is 8.33. The number of unbranched alkanes of at least 4 members (excludes halogenated alkanes) is 1. The van der Waals surface area contributed by atoms with Crippen molar-refractivity contribution in [1.29, 1.82) is 0 Å². The second kappa shape index (κ2) is 7.04. The van der Waals surface area contributed by atoms with Gasteiger partial charge in [-0.05, 0) is 30.6 Å². The Bertz CT molecular complexity index is 351. The van der Waals surface area contributed by atoms with Crippen LogP contribution in [-0.2, 0) is 10.2 Å². The van der Waals surface area contributed by atoms with Crippen LogP contribution in [0.1, 0.15) is 67.7 Å². The maximum atomic E-state index is 11.8. The van der Waals surface area contributed by atoms with Crippen LogP contribution in [0.5, 0.6) is 0 Å². The molecule has 0 aromatic rings. The lowest BCUT2D eigenvalue weighted by Gasteiger charge is -2.27. The van der Waals surface area contributed by atoms with E-state index >= 15 is 0 Å². The van der Waals surface area contributed by atoms with E-state index in [-0.39, 0.29) is 11.5 Å². The summed E-state index contributed by atoms with van der Waals surface area (Å²) in [4.78, 5) is 0. The van der Waals surface area contributed by atoms with Crippen molar-refractivity contribution in [3.05, 3.63) is 0 Å². The fraction of sp³-hybridized carbons (Fsp3) is 1.00. The molecule has 19 heavy (non-hydrogen) atoms. The Hall–Kier alpha value is -0.130. The van der Waals surface area contributed by atoms with Gasteiger partial charge >= 0.3 is 0 Å². The van der Waals surface area contributed by atoms with E-state index in [9.17, 15) is 8.42 Å². The maximum absolute atomic E-state index is 11.8. The van der Waals surface area contributed by atoms with Crippen LogP contribution in [0.2, 0.25) is 0 Å². The number of rotatable bonds is 7. The number of nitrogens with one attached hydrogen (secondary N) is 2. The summed E-state index contributed by atoms with van der Waals surface area (Å²) < 4.78 is 28.9. The largest absolute Gasteiger partial charge is 0.277 e. The first-order valence-electron chi connectivity index (χ1n) is 7.10. The molecule has 0 spiro atoms. The highest BCUT2D eigenvalue weighted by molar-refractivity contribution is 7.87. The van der Waals surface area contributed by atoms with Gasteiger partial charge in [-0.1, -0.05) is 48.0 Å². The monoisotopic (exact) mass is 292 g/mol. The molecule has 0 fully saturated rings. The predicted octanol–water partition coefficient (Wildman–Crippen LogP) is 3.06. The zero-order chi connectivity index (χ0) is 15.3. The lowest BCUT2D eigenvalue weighted by Crippen LogP contribution is -2.46. The van der Waals surface area contributed by atoms with E-state index < -0.39 is 10.2 Å². The lowest BCUT2D eigenvalue weighted by molar-refractivity contribution is 0.316. The van der Waals surface area contributed by atoms with Crippen LogP contribution in [-0.4, -0.2) is 21.0 Å². The smallest absolute Gasteiger partial charge is 0.202 e. The molecule has 0 saturated carbocycles. The summed E-state index contributed by atoms with van der Waals surface area (Å²) in [5, 5.41) is 0. The summed E-state index contributed by atoms with van der Waals surface area (Å²) >= 11 is 0. The van der Waals surface area contributed by atoms with E-state index in [1.54, 1.807) is 0 Å². The fourth-order valence-corrected chi connectivity index (χ4v) is 2.75. The average Bonchev–Trinajstić information content (AvgIpc) is 2.12. The Kier molecular flexibility index (Phi) is 7.00. The van der Waals surface area contributed by atoms with Crippen molar-refractivity contribution in [2.75, 3.05) is 6.54 Å². The van der Waals surface area contributed by atoms with Gasteiger partial charge in [0.2, 0.25) is 0 Å². The molecule has 116 valence electrons. The number of hydrogen-bond donors (Lipinski definition) is 2. The van der Waals surface area contributed by atoms with Gasteiger partial charge in [0.15, 0.2) is 0 Å². The highest BCUT2D eigenvalue weighted by Gasteiger charge is 2.24. The van der Waals surface area contributed by atoms with Crippen LogP contribution >= 0.6 is 0 Å². The molecule has 0 aliphatic heterocycles. The molecule has 1 atom stereocenters. The van der Waals surface area contributed by atoms with E-state index in [1.807, 2.05) is 27.7 Å². The summed E-state index contributed by atoms with van der Waals surface area (Å²) in [5.74, 6) is 0. The third-order valence-electron chi connectivity index (χ3n) is 3.28. The predicted molar refractivity (Wildman–Crippen MR) is 82.3 cm³/mol. The van der Waals surface area contributed by atoms with Crippen molar-refractivity contribution in [3.63, 3.8) is 0 Å². The molecular weight excluding hydrogens is 260 g/mol. The highest BCUT2D eigenvalue weighted by Crippen LogP contribution is 2.21. The molecule has 0 rings (SSSR count). The van der Waals surface area contributed by atoms with Crippen LogP contribution in [0.25, 0.3) is 0 Å². The van der Waals surface area contributed by atoms with E-state index in [0.717, 1.165) is 19.3 Å². The number of hydrogen-bond acceptors (Lipinski definition) is 2. The molecule has 0 aliphatic rings. The molecule has 0 radical (unpaired) electrons. The minimum Gasteiger partial charge on any atom is -0.202 e. The molecular formula is C14H32N2O2S. The van der Waals surface area contributed by atoms with E-state index in [4.69, 9.17) is 0 Å². The molecule has 0 saturated heterocycles. The van der Waals surface area contributed by atoms with Crippen LogP contribution in [0.4, 0.5) is 0 Å².